The van der Waals surface area contributed by atoms with Gasteiger partial charge in [-0.25, -0.2) is 13.2 Å². The van der Waals surface area contributed by atoms with Crippen molar-refractivity contribution in [2.24, 2.45) is 0 Å². The maximum Gasteiger partial charge on any atom is 0.573 e. The van der Waals surface area contributed by atoms with Crippen molar-refractivity contribution < 1.29 is 35.9 Å². The fourth-order valence-corrected chi connectivity index (χ4v) is 4.21. The molecule has 1 fully saturated rings. The molecule has 0 saturated carbocycles. The Hall–Kier alpha value is -2.05. The van der Waals surface area contributed by atoms with Crippen LogP contribution in [0, 0.1) is 0 Å². The molecule has 170 valence electrons. The Morgan fingerprint density at radius 3 is 2.27 bits per heavy atom. The standard InChI is InChI=1S/C18H26F3N3O5S/c1-14(2)28-13-3-8-22-17(25)23-9-11-24(12-10-23)30(26,27)16-6-4-15(5-7-16)29-18(19,20)21/h4-7,14H,3,8-13H2,1-2H3,(H,22,25). The molecule has 0 unspecified atom stereocenters. The molecule has 0 aromatic heterocycles. The van der Waals surface area contributed by atoms with E-state index in [0.717, 1.165) is 24.3 Å². The Bertz CT molecular complexity index is 792. The third kappa shape index (κ3) is 7.33. The highest BCUT2D eigenvalue weighted by Crippen LogP contribution is 2.25. The van der Waals surface area contributed by atoms with Crippen LogP contribution in [0.25, 0.3) is 0 Å². The van der Waals surface area contributed by atoms with Gasteiger partial charge in [0, 0.05) is 39.3 Å². The molecule has 1 aliphatic heterocycles. The highest BCUT2D eigenvalue weighted by Gasteiger charge is 2.32. The van der Waals surface area contributed by atoms with Gasteiger partial charge in [-0.1, -0.05) is 0 Å². The fraction of sp³-hybridized carbons (Fsp3) is 0.611. The third-order valence-corrected chi connectivity index (χ3v) is 6.18. The molecule has 8 nitrogen and oxygen atoms in total. The van der Waals surface area contributed by atoms with Crippen LogP contribution in [0.5, 0.6) is 5.75 Å². The lowest BCUT2D eigenvalue weighted by Crippen LogP contribution is -2.53. The first-order valence-electron chi connectivity index (χ1n) is 9.49. The normalized spacial score (nSPS) is 16.0. The van der Waals surface area contributed by atoms with E-state index in [9.17, 15) is 26.4 Å². The van der Waals surface area contributed by atoms with Gasteiger partial charge in [0.05, 0.1) is 11.0 Å². The minimum Gasteiger partial charge on any atom is -0.406 e. The Morgan fingerprint density at radius 2 is 1.73 bits per heavy atom. The summed E-state index contributed by atoms with van der Waals surface area (Å²) in [6.07, 6.45) is -4.05. The van der Waals surface area contributed by atoms with Crippen molar-refractivity contribution in [3.63, 3.8) is 0 Å². The molecule has 2 rings (SSSR count). The molecule has 1 saturated heterocycles. The van der Waals surface area contributed by atoms with Gasteiger partial charge in [-0.2, -0.15) is 4.31 Å². The Morgan fingerprint density at radius 1 is 1.13 bits per heavy atom. The molecule has 0 atom stereocenters. The summed E-state index contributed by atoms with van der Waals surface area (Å²) in [5, 5.41) is 2.77. The van der Waals surface area contributed by atoms with Crippen molar-refractivity contribution in [2.45, 2.75) is 37.6 Å². The van der Waals surface area contributed by atoms with Crippen molar-refractivity contribution in [3.8, 4) is 5.75 Å². The van der Waals surface area contributed by atoms with E-state index < -0.39 is 22.1 Å². The first-order chi connectivity index (χ1) is 14.0. The van der Waals surface area contributed by atoms with Gasteiger partial charge >= 0.3 is 12.4 Å². The van der Waals surface area contributed by atoms with Gasteiger partial charge in [-0.05, 0) is 44.5 Å². The Kier molecular flexibility index (Phi) is 8.33. The second-order valence-corrected chi connectivity index (χ2v) is 8.85. The molecule has 0 aliphatic carbocycles. The molecule has 30 heavy (non-hydrogen) atoms. The second-order valence-electron chi connectivity index (χ2n) is 6.92. The summed E-state index contributed by atoms with van der Waals surface area (Å²) >= 11 is 0. The van der Waals surface area contributed by atoms with Crippen LogP contribution in [0.4, 0.5) is 18.0 Å². The van der Waals surface area contributed by atoms with Gasteiger partial charge < -0.3 is 19.7 Å². The molecule has 0 bridgehead atoms. The van der Waals surface area contributed by atoms with Crippen molar-refractivity contribution in [1.82, 2.24) is 14.5 Å². The molecule has 12 heteroatoms. The first-order valence-corrected chi connectivity index (χ1v) is 10.9. The van der Waals surface area contributed by atoms with E-state index in [-0.39, 0.29) is 43.2 Å². The maximum absolute atomic E-state index is 12.7. The molecule has 1 aromatic carbocycles. The van der Waals surface area contributed by atoms with Crippen LogP contribution in [0.1, 0.15) is 20.3 Å². The number of hydrogen-bond acceptors (Lipinski definition) is 5. The second kappa shape index (κ2) is 10.3. The van der Waals surface area contributed by atoms with Crippen LogP contribution >= 0.6 is 0 Å². The zero-order valence-electron chi connectivity index (χ0n) is 16.8. The third-order valence-electron chi connectivity index (χ3n) is 4.27. The number of nitrogens with zero attached hydrogens (tertiary/aromatic N) is 2. The molecule has 1 aliphatic rings. The van der Waals surface area contributed by atoms with Gasteiger partial charge in [-0.3, -0.25) is 0 Å². The molecule has 1 N–H and O–H groups in total. The van der Waals surface area contributed by atoms with Crippen LogP contribution in [0.3, 0.4) is 0 Å². The number of rotatable bonds is 8. The van der Waals surface area contributed by atoms with E-state index in [1.54, 1.807) is 0 Å². The van der Waals surface area contributed by atoms with E-state index in [2.05, 4.69) is 10.1 Å². The largest absolute Gasteiger partial charge is 0.573 e. The molecular formula is C18H26F3N3O5S. The molecule has 1 heterocycles. The van der Waals surface area contributed by atoms with Gasteiger partial charge in [-0.15, -0.1) is 13.2 Å². The SMILES string of the molecule is CC(C)OCCCNC(=O)N1CCN(S(=O)(=O)c2ccc(OC(F)(F)F)cc2)CC1. The first kappa shape index (κ1) is 24.2. The van der Waals surface area contributed by atoms with Gasteiger partial charge in [0.15, 0.2) is 0 Å². The van der Waals surface area contributed by atoms with Crippen LogP contribution in [0.15, 0.2) is 29.2 Å². The number of alkyl halides is 3. The molecule has 1 aromatic rings. The lowest BCUT2D eigenvalue weighted by atomic mass is 10.3. The molecular weight excluding hydrogens is 427 g/mol. The van der Waals surface area contributed by atoms with E-state index in [4.69, 9.17) is 4.74 Å². The molecule has 2 amide bonds. The van der Waals surface area contributed by atoms with Crippen LogP contribution in [0.2, 0.25) is 0 Å². The number of urea groups is 1. The highest BCUT2D eigenvalue weighted by atomic mass is 32.2. The minimum atomic E-state index is -4.85. The Labute approximate surface area is 174 Å². The lowest BCUT2D eigenvalue weighted by molar-refractivity contribution is -0.274. The smallest absolute Gasteiger partial charge is 0.406 e. The van der Waals surface area contributed by atoms with Crippen molar-refractivity contribution in [2.75, 3.05) is 39.3 Å². The summed E-state index contributed by atoms with van der Waals surface area (Å²) in [6.45, 7) is 5.45. The summed E-state index contributed by atoms with van der Waals surface area (Å²) in [4.78, 5) is 13.6. The summed E-state index contributed by atoms with van der Waals surface area (Å²) in [5.41, 5.74) is 0. The van der Waals surface area contributed by atoms with Gasteiger partial charge in [0.1, 0.15) is 5.75 Å². The summed E-state index contributed by atoms with van der Waals surface area (Å²) < 4.78 is 72.4. The van der Waals surface area contributed by atoms with E-state index in [1.807, 2.05) is 13.8 Å². The zero-order chi connectivity index (χ0) is 22.4. The number of carbonyl (C=O) groups excluding carboxylic acids is 1. The number of nitrogens with one attached hydrogen (secondary N) is 1. The average molecular weight is 453 g/mol. The predicted octanol–water partition coefficient (Wildman–Crippen LogP) is 2.42. The predicted molar refractivity (Wildman–Crippen MR) is 103 cm³/mol. The molecule has 0 radical (unpaired) electrons. The van der Waals surface area contributed by atoms with Crippen LogP contribution in [-0.2, 0) is 14.8 Å². The number of benzene rings is 1. The van der Waals surface area contributed by atoms with E-state index >= 15 is 0 Å². The monoisotopic (exact) mass is 453 g/mol. The maximum atomic E-state index is 12.7. The number of amides is 2. The molecule has 0 spiro atoms. The number of sulfonamides is 1. The number of carbonyl (C=O) groups is 1. The van der Waals surface area contributed by atoms with Crippen molar-refractivity contribution in [1.29, 1.82) is 0 Å². The van der Waals surface area contributed by atoms with Gasteiger partial charge in [0.25, 0.3) is 0 Å². The van der Waals surface area contributed by atoms with Gasteiger partial charge in [0.2, 0.25) is 10.0 Å². The number of halogens is 3. The number of piperazine rings is 1. The van der Waals surface area contributed by atoms with E-state index in [1.165, 1.54) is 9.21 Å². The van der Waals surface area contributed by atoms with Crippen LogP contribution < -0.4 is 10.1 Å². The number of ether oxygens (including phenoxy) is 2. The van der Waals surface area contributed by atoms with E-state index in [0.29, 0.717) is 19.6 Å². The fourth-order valence-electron chi connectivity index (χ4n) is 2.79. The quantitative estimate of drug-likeness (QED) is 0.611. The lowest BCUT2D eigenvalue weighted by Gasteiger charge is -2.34. The number of hydrogen-bond donors (Lipinski definition) is 1. The minimum absolute atomic E-state index is 0.0903. The highest BCUT2D eigenvalue weighted by molar-refractivity contribution is 7.89. The summed E-state index contributed by atoms with van der Waals surface area (Å²) in [6, 6.07) is 3.76. The summed E-state index contributed by atoms with van der Waals surface area (Å²) in [5.74, 6) is -0.498. The Balaban J connectivity index is 1.84. The van der Waals surface area contributed by atoms with Crippen LogP contribution in [-0.4, -0.2) is 75.5 Å². The average Bonchev–Trinajstić information content (AvgIpc) is 2.66. The topological polar surface area (TPSA) is 88.2 Å². The van der Waals surface area contributed by atoms with Crippen molar-refractivity contribution >= 4 is 16.1 Å². The summed E-state index contributed by atoms with van der Waals surface area (Å²) in [7, 11) is -3.88. The van der Waals surface area contributed by atoms with Crippen molar-refractivity contribution in [3.05, 3.63) is 24.3 Å². The zero-order valence-corrected chi connectivity index (χ0v) is 17.6.